The SMILES string of the molecule is O=C([O-])[O-].[K+].[K+].c1ccc(-c2ccc(OC3CN(C(c4ccccc4)c4ccccc4)C3)cc2)cc1. The Bertz CT molecular complexity index is 1130. The molecule has 0 unspecified atom stereocenters. The third-order valence-corrected chi connectivity index (χ3v) is 5.74. The van der Waals surface area contributed by atoms with Crippen molar-refractivity contribution < 1.29 is 123 Å². The van der Waals surface area contributed by atoms with Crippen LogP contribution < -0.4 is 118 Å². The molecule has 4 aromatic carbocycles. The van der Waals surface area contributed by atoms with Gasteiger partial charge in [0.1, 0.15) is 11.9 Å². The molecule has 1 aliphatic heterocycles. The molecule has 0 atom stereocenters. The molecule has 1 fully saturated rings. The molecule has 5 nitrogen and oxygen atoms in total. The summed E-state index contributed by atoms with van der Waals surface area (Å²) in [5, 5.41) is 16.7. The zero-order chi connectivity index (χ0) is 23.8. The quantitative estimate of drug-likeness (QED) is 0.264. The van der Waals surface area contributed by atoms with Crippen LogP contribution in [0.3, 0.4) is 0 Å². The Labute approximate surface area is 297 Å². The Balaban J connectivity index is 0.000000710. The first kappa shape index (κ1) is 31.4. The standard InChI is InChI=1S/C28H25NO.CH2O3.2K/c1-4-10-22(11-5-1)23-16-18-26(19-17-23)30-27-20-29(21-27)28(24-12-6-2-7-13-24)25-14-8-3-9-15-25;2-1(3)4;;/h1-19,27-28H,20-21H2;(H2,2,3,4);;/q;;2*+1/p-2. The number of carbonyl (C=O) groups is 1. The molecule has 1 saturated heterocycles. The first-order chi connectivity index (χ1) is 16.6. The molecule has 0 amide bonds. The van der Waals surface area contributed by atoms with Gasteiger partial charge in [-0.05, 0) is 40.5 Å². The summed E-state index contributed by atoms with van der Waals surface area (Å²) in [5.41, 5.74) is 5.10. The monoisotopic (exact) mass is 529 g/mol. The average Bonchev–Trinajstić information content (AvgIpc) is 2.85. The van der Waals surface area contributed by atoms with E-state index in [-0.39, 0.29) is 115 Å². The Morgan fingerprint density at radius 3 is 1.50 bits per heavy atom. The Morgan fingerprint density at radius 1 is 0.667 bits per heavy atom. The summed E-state index contributed by atoms with van der Waals surface area (Å²) in [6, 6.07) is 40.6. The molecular weight excluding hydrogens is 505 g/mol. The van der Waals surface area contributed by atoms with Gasteiger partial charge in [-0.2, -0.15) is 0 Å². The van der Waals surface area contributed by atoms with Crippen LogP contribution in [0.5, 0.6) is 5.75 Å². The molecule has 0 aliphatic carbocycles. The second-order valence-electron chi connectivity index (χ2n) is 8.06. The average molecular weight is 530 g/mol. The summed E-state index contributed by atoms with van der Waals surface area (Å²) in [6.45, 7) is 1.85. The van der Waals surface area contributed by atoms with Crippen molar-refractivity contribution in [2.45, 2.75) is 12.1 Å². The number of hydrogen-bond acceptors (Lipinski definition) is 5. The summed E-state index contributed by atoms with van der Waals surface area (Å²) in [4.78, 5) is 10.8. The molecule has 4 aromatic rings. The molecule has 1 heterocycles. The summed E-state index contributed by atoms with van der Waals surface area (Å²) >= 11 is 0. The zero-order valence-corrected chi connectivity index (χ0v) is 26.9. The predicted octanol–water partition coefficient (Wildman–Crippen LogP) is -2.23. The summed E-state index contributed by atoms with van der Waals surface area (Å²) in [6.07, 6.45) is -2.11. The van der Waals surface area contributed by atoms with E-state index in [2.05, 4.69) is 114 Å². The number of hydrogen-bond donors (Lipinski definition) is 0. The van der Waals surface area contributed by atoms with E-state index in [1.54, 1.807) is 0 Å². The maximum atomic E-state index is 8.33. The van der Waals surface area contributed by atoms with Gasteiger partial charge in [-0.1, -0.05) is 103 Å². The topological polar surface area (TPSA) is 75.7 Å². The van der Waals surface area contributed by atoms with Crippen LogP contribution in [0.15, 0.2) is 115 Å². The van der Waals surface area contributed by atoms with Crippen molar-refractivity contribution in [1.29, 1.82) is 0 Å². The van der Waals surface area contributed by atoms with Gasteiger partial charge in [0.2, 0.25) is 0 Å². The first-order valence-corrected chi connectivity index (χ1v) is 11.1. The van der Waals surface area contributed by atoms with E-state index < -0.39 is 6.16 Å². The second kappa shape index (κ2) is 16.2. The fraction of sp³-hybridized carbons (Fsp3) is 0.138. The maximum Gasteiger partial charge on any atom is 1.00 e. The fourth-order valence-electron chi connectivity index (χ4n) is 4.19. The smallest absolute Gasteiger partial charge is 0.652 e. The van der Waals surface area contributed by atoms with Gasteiger partial charge in [0.05, 0.1) is 6.04 Å². The summed E-state index contributed by atoms with van der Waals surface area (Å²) in [5.74, 6) is 0.940. The molecule has 172 valence electrons. The van der Waals surface area contributed by atoms with Gasteiger partial charge < -0.3 is 19.7 Å². The molecule has 0 N–H and O–H groups in total. The second-order valence-corrected chi connectivity index (χ2v) is 8.06. The molecule has 0 saturated carbocycles. The molecule has 36 heavy (non-hydrogen) atoms. The van der Waals surface area contributed by atoms with Crippen molar-refractivity contribution in [3.8, 4) is 16.9 Å². The number of likely N-dealkylation sites (tertiary alicyclic amines) is 1. The van der Waals surface area contributed by atoms with Crippen LogP contribution in [0.1, 0.15) is 17.2 Å². The van der Waals surface area contributed by atoms with Crippen molar-refractivity contribution in [2.24, 2.45) is 0 Å². The van der Waals surface area contributed by atoms with E-state index in [1.165, 1.54) is 22.3 Å². The van der Waals surface area contributed by atoms with Crippen LogP contribution in [-0.2, 0) is 0 Å². The van der Waals surface area contributed by atoms with E-state index >= 15 is 0 Å². The first-order valence-electron chi connectivity index (χ1n) is 11.1. The van der Waals surface area contributed by atoms with Crippen molar-refractivity contribution >= 4 is 6.16 Å². The number of carbonyl (C=O) groups excluding carboxylic acids is 1. The van der Waals surface area contributed by atoms with Crippen molar-refractivity contribution in [1.82, 2.24) is 4.90 Å². The van der Waals surface area contributed by atoms with Gasteiger partial charge in [0.25, 0.3) is 0 Å². The molecule has 0 aromatic heterocycles. The van der Waals surface area contributed by atoms with Crippen LogP contribution in [0.25, 0.3) is 11.1 Å². The van der Waals surface area contributed by atoms with Crippen LogP contribution in [0.4, 0.5) is 4.79 Å². The van der Waals surface area contributed by atoms with Crippen molar-refractivity contribution in [3.63, 3.8) is 0 Å². The number of carboxylic acid groups (broad SMARTS) is 2. The minimum absolute atomic E-state index is 0. The van der Waals surface area contributed by atoms with E-state index in [1.807, 2.05) is 6.07 Å². The largest absolute Gasteiger partial charge is 1.00 e. The number of benzene rings is 4. The summed E-state index contributed by atoms with van der Waals surface area (Å²) in [7, 11) is 0. The van der Waals surface area contributed by atoms with Gasteiger partial charge in [-0.15, -0.1) is 0 Å². The normalized spacial score (nSPS) is 12.7. The minimum atomic E-state index is -2.33. The molecule has 0 radical (unpaired) electrons. The fourth-order valence-corrected chi connectivity index (χ4v) is 4.19. The zero-order valence-electron chi connectivity index (χ0n) is 20.6. The maximum absolute atomic E-state index is 8.33. The van der Waals surface area contributed by atoms with E-state index in [0.29, 0.717) is 0 Å². The number of nitrogens with zero attached hydrogens (tertiary/aromatic N) is 1. The number of ether oxygens (including phenoxy) is 1. The van der Waals surface area contributed by atoms with Gasteiger partial charge in [-0.25, -0.2) is 0 Å². The minimum Gasteiger partial charge on any atom is -0.652 e. The summed E-state index contributed by atoms with van der Waals surface area (Å²) < 4.78 is 6.25. The van der Waals surface area contributed by atoms with E-state index in [9.17, 15) is 0 Å². The van der Waals surface area contributed by atoms with Gasteiger partial charge in [-0.3, -0.25) is 4.90 Å². The van der Waals surface area contributed by atoms with Crippen molar-refractivity contribution in [3.05, 3.63) is 126 Å². The van der Waals surface area contributed by atoms with Gasteiger partial charge in [0, 0.05) is 13.1 Å². The Morgan fingerprint density at radius 2 is 1.06 bits per heavy atom. The molecule has 0 spiro atoms. The molecule has 7 heteroatoms. The predicted molar refractivity (Wildman–Crippen MR) is 128 cm³/mol. The van der Waals surface area contributed by atoms with Gasteiger partial charge in [0.15, 0.2) is 0 Å². The van der Waals surface area contributed by atoms with Gasteiger partial charge >= 0.3 is 103 Å². The Hall–Kier alpha value is -0.817. The van der Waals surface area contributed by atoms with E-state index in [4.69, 9.17) is 19.7 Å². The molecule has 0 bridgehead atoms. The van der Waals surface area contributed by atoms with E-state index in [0.717, 1.165) is 18.8 Å². The molecule has 1 aliphatic rings. The third kappa shape index (κ3) is 9.18. The molecular formula is C29H25K2NO4. The van der Waals surface area contributed by atoms with Crippen LogP contribution in [0, 0.1) is 0 Å². The molecule has 5 rings (SSSR count). The van der Waals surface area contributed by atoms with Crippen LogP contribution in [0.2, 0.25) is 0 Å². The van der Waals surface area contributed by atoms with Crippen LogP contribution in [-0.4, -0.2) is 30.2 Å². The Kier molecular flexibility index (Phi) is 14.1. The van der Waals surface area contributed by atoms with Crippen molar-refractivity contribution in [2.75, 3.05) is 13.1 Å². The number of rotatable bonds is 6. The third-order valence-electron chi connectivity index (χ3n) is 5.74. The van der Waals surface area contributed by atoms with Crippen LogP contribution >= 0.6 is 0 Å².